The molecule has 0 radical (unpaired) electrons. The highest BCUT2D eigenvalue weighted by molar-refractivity contribution is 7.90. The molecule has 5 nitrogen and oxygen atoms in total. The molecule has 0 saturated carbocycles. The molecule has 0 aliphatic rings. The van der Waals surface area contributed by atoms with Gasteiger partial charge in [-0.3, -0.25) is 4.79 Å². The molecule has 0 bridgehead atoms. The minimum absolute atomic E-state index is 0.103. The Labute approximate surface area is 207 Å². The number of hydrogen-bond donors (Lipinski definition) is 1. The lowest BCUT2D eigenvalue weighted by atomic mass is 9.84. The van der Waals surface area contributed by atoms with E-state index in [4.69, 9.17) is 4.74 Å². The van der Waals surface area contributed by atoms with Crippen LogP contribution in [0.4, 0.5) is 0 Å². The number of carboxylic acids is 1. The predicted molar refractivity (Wildman–Crippen MR) is 137 cm³/mol. The Morgan fingerprint density at radius 1 is 1.06 bits per heavy atom. The van der Waals surface area contributed by atoms with Crippen LogP contribution >= 0.6 is 0 Å². The summed E-state index contributed by atoms with van der Waals surface area (Å²) in [5.41, 5.74) is 4.26. The molecule has 3 atom stereocenters. The number of ketones is 1. The summed E-state index contributed by atoms with van der Waals surface area (Å²) in [5.74, 6) is -0.728. The second kappa shape index (κ2) is 12.0. The fraction of sp³-hybridized carbons (Fsp3) is 0.500. The van der Waals surface area contributed by atoms with E-state index < -0.39 is 22.7 Å². The van der Waals surface area contributed by atoms with Crippen LogP contribution < -0.4 is 0 Å². The van der Waals surface area contributed by atoms with E-state index in [1.54, 1.807) is 44.4 Å². The number of rotatable bonds is 12. The molecule has 0 aromatic heterocycles. The Morgan fingerprint density at radius 3 is 2.12 bits per heavy atom. The molecule has 1 unspecified atom stereocenters. The minimum Gasteiger partial charge on any atom is -0.612 e. The van der Waals surface area contributed by atoms with Gasteiger partial charge in [-0.25, -0.2) is 4.79 Å². The lowest BCUT2D eigenvalue weighted by molar-refractivity contribution is -0.161. The molecule has 1 N–H and O–H groups in total. The first kappa shape index (κ1) is 28.1. The summed E-state index contributed by atoms with van der Waals surface area (Å²) >= 11 is -1.05. The van der Waals surface area contributed by atoms with Gasteiger partial charge in [0.25, 0.3) is 0 Å². The number of aryl methyl sites for hydroxylation is 3. The molecule has 0 heterocycles. The van der Waals surface area contributed by atoms with Crippen LogP contribution in [0, 0.1) is 25.7 Å². The van der Waals surface area contributed by atoms with Gasteiger partial charge >= 0.3 is 5.97 Å². The SMILES string of the molecule is Cc1cc(CC[C@@H](C)[C@H](C)C(=O)c2ccc([S+](C)[O-])cc2)cc(C)c1CCOC(C)(C)C(=O)O. The van der Waals surface area contributed by atoms with Crippen LogP contribution in [-0.4, -0.2) is 39.9 Å². The molecule has 0 aliphatic heterocycles. The Kier molecular flexibility index (Phi) is 9.92. The van der Waals surface area contributed by atoms with Crippen LogP contribution in [0.3, 0.4) is 0 Å². The zero-order valence-corrected chi connectivity index (χ0v) is 22.3. The molecule has 0 aliphatic carbocycles. The summed E-state index contributed by atoms with van der Waals surface area (Å²) < 4.78 is 17.1. The minimum atomic E-state index is -1.19. The Hall–Kier alpha value is -2.15. The predicted octanol–water partition coefficient (Wildman–Crippen LogP) is 5.55. The van der Waals surface area contributed by atoms with Crippen molar-refractivity contribution in [2.24, 2.45) is 11.8 Å². The van der Waals surface area contributed by atoms with Gasteiger partial charge in [0.2, 0.25) is 0 Å². The van der Waals surface area contributed by atoms with Crippen LogP contribution in [0.1, 0.15) is 66.7 Å². The molecule has 34 heavy (non-hydrogen) atoms. The number of aliphatic carboxylic acids is 1. The lowest BCUT2D eigenvalue weighted by Crippen LogP contribution is -2.35. The smallest absolute Gasteiger partial charge is 0.335 e. The van der Waals surface area contributed by atoms with E-state index in [9.17, 15) is 19.2 Å². The average molecular weight is 487 g/mol. The zero-order valence-electron chi connectivity index (χ0n) is 21.4. The van der Waals surface area contributed by atoms with Gasteiger partial charge in [0.05, 0.1) is 6.61 Å². The fourth-order valence-corrected chi connectivity index (χ4v) is 4.59. The molecular formula is C28H38O5S. The van der Waals surface area contributed by atoms with Crippen molar-refractivity contribution in [3.8, 4) is 0 Å². The third kappa shape index (κ3) is 7.42. The number of Topliss-reactive ketones (excluding diaryl/α,β-unsaturated/α-hetero) is 1. The highest BCUT2D eigenvalue weighted by Crippen LogP contribution is 2.25. The largest absolute Gasteiger partial charge is 0.612 e. The molecule has 6 heteroatoms. The van der Waals surface area contributed by atoms with Crippen molar-refractivity contribution in [2.45, 2.75) is 71.3 Å². The van der Waals surface area contributed by atoms with Crippen molar-refractivity contribution < 1.29 is 24.0 Å². The third-order valence-electron chi connectivity index (χ3n) is 6.71. The van der Waals surface area contributed by atoms with Gasteiger partial charge in [-0.15, -0.1) is 0 Å². The number of benzene rings is 2. The molecule has 2 aromatic carbocycles. The van der Waals surface area contributed by atoms with Crippen LogP contribution in [-0.2, 0) is 33.5 Å². The maximum absolute atomic E-state index is 12.9. The summed E-state index contributed by atoms with van der Waals surface area (Å²) in [4.78, 5) is 24.9. The Morgan fingerprint density at radius 2 is 1.62 bits per heavy atom. The maximum atomic E-state index is 12.9. The second-order valence-corrected chi connectivity index (χ2v) is 11.1. The summed E-state index contributed by atoms with van der Waals surface area (Å²) in [6.45, 7) is 11.7. The first-order valence-corrected chi connectivity index (χ1v) is 13.3. The molecule has 186 valence electrons. The van der Waals surface area contributed by atoms with E-state index in [0.29, 0.717) is 18.6 Å². The van der Waals surface area contributed by atoms with Crippen molar-refractivity contribution in [3.63, 3.8) is 0 Å². The van der Waals surface area contributed by atoms with Crippen molar-refractivity contribution in [2.75, 3.05) is 12.9 Å². The summed E-state index contributed by atoms with van der Waals surface area (Å²) in [6, 6.07) is 11.5. The van der Waals surface area contributed by atoms with E-state index >= 15 is 0 Å². The molecule has 0 saturated heterocycles. The van der Waals surface area contributed by atoms with Gasteiger partial charge in [-0.05, 0) is 111 Å². The van der Waals surface area contributed by atoms with E-state index in [-0.39, 0.29) is 17.6 Å². The van der Waals surface area contributed by atoms with E-state index in [1.807, 2.05) is 6.92 Å². The van der Waals surface area contributed by atoms with Crippen molar-refractivity contribution in [1.29, 1.82) is 0 Å². The van der Waals surface area contributed by atoms with Gasteiger partial charge < -0.3 is 14.4 Å². The van der Waals surface area contributed by atoms with Crippen LogP contribution in [0.15, 0.2) is 41.3 Å². The number of carboxylic acid groups (broad SMARTS) is 1. The first-order valence-electron chi connectivity index (χ1n) is 11.8. The summed E-state index contributed by atoms with van der Waals surface area (Å²) in [5, 5.41) is 9.20. The number of hydrogen-bond acceptors (Lipinski definition) is 4. The second-order valence-electron chi connectivity index (χ2n) is 9.77. The van der Waals surface area contributed by atoms with Gasteiger partial charge in [0.15, 0.2) is 16.3 Å². The Balaban J connectivity index is 1.96. The first-order chi connectivity index (χ1) is 15.8. The van der Waals surface area contributed by atoms with E-state index in [1.165, 1.54) is 22.3 Å². The highest BCUT2D eigenvalue weighted by atomic mass is 32.2. The van der Waals surface area contributed by atoms with Gasteiger partial charge in [-0.1, -0.05) is 26.0 Å². The normalized spacial score (nSPS) is 14.5. The van der Waals surface area contributed by atoms with Crippen LogP contribution in [0.25, 0.3) is 0 Å². The van der Waals surface area contributed by atoms with Gasteiger partial charge in [0.1, 0.15) is 6.26 Å². The third-order valence-corrected chi connectivity index (χ3v) is 7.65. The summed E-state index contributed by atoms with van der Waals surface area (Å²) in [6.07, 6.45) is 4.08. The molecule has 0 fully saturated rings. The van der Waals surface area contributed by atoms with Crippen LogP contribution in [0.5, 0.6) is 0 Å². The van der Waals surface area contributed by atoms with Crippen molar-refractivity contribution in [3.05, 3.63) is 64.2 Å². The molecule has 2 aromatic rings. The molecule has 0 spiro atoms. The molecular weight excluding hydrogens is 448 g/mol. The number of carbonyl (C=O) groups excluding carboxylic acids is 1. The van der Waals surface area contributed by atoms with Crippen LogP contribution in [0.2, 0.25) is 0 Å². The molecule has 2 rings (SSSR count). The average Bonchev–Trinajstić information content (AvgIpc) is 2.78. The fourth-order valence-electron chi connectivity index (χ4n) is 4.07. The summed E-state index contributed by atoms with van der Waals surface area (Å²) in [7, 11) is 0. The zero-order chi connectivity index (χ0) is 25.6. The topological polar surface area (TPSA) is 86.7 Å². The van der Waals surface area contributed by atoms with E-state index in [0.717, 1.165) is 17.7 Å². The van der Waals surface area contributed by atoms with Gasteiger partial charge in [-0.2, -0.15) is 0 Å². The maximum Gasteiger partial charge on any atom is 0.335 e. The number of carbonyl (C=O) groups is 2. The van der Waals surface area contributed by atoms with Gasteiger partial charge in [0, 0.05) is 11.5 Å². The quantitative estimate of drug-likeness (QED) is 0.314. The monoisotopic (exact) mass is 486 g/mol. The van der Waals surface area contributed by atoms with Crippen molar-refractivity contribution in [1.82, 2.24) is 0 Å². The van der Waals surface area contributed by atoms with E-state index in [2.05, 4.69) is 32.9 Å². The number of ether oxygens (including phenoxy) is 1. The highest BCUT2D eigenvalue weighted by Gasteiger charge is 2.27. The lowest BCUT2D eigenvalue weighted by Gasteiger charge is -2.21. The van der Waals surface area contributed by atoms with Crippen molar-refractivity contribution >= 4 is 22.9 Å². The molecule has 0 amide bonds. The Bertz CT molecular complexity index is 971. The standard InChI is InChI=1S/C28H38O5S/c1-18(21(4)26(29)23-10-12-24(13-11-23)34(7)32)8-9-22-16-19(2)25(20(3)17-22)14-15-33-28(5,6)27(30)31/h10-13,16-18,21H,8-9,14-15H2,1-7H3,(H,30,31)/t18-,21+,34?/m1/s1.